The molecule has 0 amide bonds. The van der Waals surface area contributed by atoms with E-state index in [9.17, 15) is 39.3 Å². The van der Waals surface area contributed by atoms with E-state index in [-0.39, 0.29) is 53.9 Å². The van der Waals surface area contributed by atoms with E-state index < -0.39 is 82.4 Å². The highest BCUT2D eigenvalue weighted by molar-refractivity contribution is 6.16. The number of aliphatic hydroxyl groups excluding tert-OH is 1. The quantitative estimate of drug-likeness (QED) is 0.191. The van der Waals surface area contributed by atoms with Crippen LogP contribution < -0.4 is 0 Å². The summed E-state index contributed by atoms with van der Waals surface area (Å²) < 4.78 is 11.8. The number of hydrogen-bond donors (Lipinski definition) is 3. The second kappa shape index (κ2) is 15.8. The highest BCUT2D eigenvalue weighted by Gasteiger charge is 2.63. The van der Waals surface area contributed by atoms with Gasteiger partial charge >= 0.3 is 5.97 Å². The van der Waals surface area contributed by atoms with Crippen LogP contribution in [0.3, 0.4) is 0 Å². The molecule has 4 aliphatic rings. The molecule has 2 aliphatic carbocycles. The molecule has 11 atom stereocenters. The summed E-state index contributed by atoms with van der Waals surface area (Å²) in [7, 11) is 1.17. The number of carbonyl (C=O) groups excluding carboxylic acids is 5. The standard InChI is InChI=1S/C41H62O10/c1-22(2)27-19-29(42)25(5)12-10-11-23(3)18-30(43)36-37(46)26(6)35-28(41(36,21-31(27)44)38(47)50-9)17-24(4)13-14-33-39(7,48)16-15-34(51-33)40(8,49)20-32(35)45/h17,22-23,25,27-28,32-34,36,45,48-49H,10-16,18-21H2,1-9H3. The van der Waals surface area contributed by atoms with Crippen LogP contribution in [0.15, 0.2) is 22.8 Å². The van der Waals surface area contributed by atoms with Gasteiger partial charge in [-0.3, -0.25) is 24.0 Å². The second-order valence-electron chi connectivity index (χ2n) is 17.3. The van der Waals surface area contributed by atoms with E-state index in [1.807, 2.05) is 34.6 Å². The van der Waals surface area contributed by atoms with E-state index in [2.05, 4.69) is 0 Å². The number of ether oxygens (including phenoxy) is 2. The first-order valence-electron chi connectivity index (χ1n) is 19.0. The molecular formula is C41H62O10. The van der Waals surface area contributed by atoms with E-state index in [0.717, 1.165) is 5.57 Å². The fraction of sp³-hybridized carbons (Fsp3) is 0.780. The van der Waals surface area contributed by atoms with Crippen molar-refractivity contribution in [2.75, 3.05) is 7.11 Å². The van der Waals surface area contributed by atoms with E-state index in [1.165, 1.54) is 7.11 Å². The van der Waals surface area contributed by atoms with Crippen LogP contribution in [0, 0.1) is 40.9 Å². The fourth-order valence-corrected chi connectivity index (χ4v) is 9.38. The van der Waals surface area contributed by atoms with Crippen molar-refractivity contribution in [2.24, 2.45) is 40.9 Å². The summed E-state index contributed by atoms with van der Waals surface area (Å²) in [6.07, 6.45) is 1.58. The number of carbonyl (C=O) groups is 5. The summed E-state index contributed by atoms with van der Waals surface area (Å²) in [5.41, 5.74) is -3.78. The molecule has 3 N–H and O–H groups in total. The second-order valence-corrected chi connectivity index (χ2v) is 17.3. The average molecular weight is 715 g/mol. The predicted molar refractivity (Wildman–Crippen MR) is 191 cm³/mol. The van der Waals surface area contributed by atoms with Crippen molar-refractivity contribution in [3.8, 4) is 0 Å². The van der Waals surface area contributed by atoms with Gasteiger partial charge in [0.2, 0.25) is 0 Å². The molecule has 286 valence electrons. The van der Waals surface area contributed by atoms with Gasteiger partial charge in [-0.1, -0.05) is 52.2 Å². The summed E-state index contributed by atoms with van der Waals surface area (Å²) >= 11 is 0. The number of fused-ring (bicyclic) bond motifs is 5. The summed E-state index contributed by atoms with van der Waals surface area (Å²) in [6, 6.07) is 0. The van der Waals surface area contributed by atoms with Crippen LogP contribution in [-0.4, -0.2) is 81.0 Å². The Labute approximate surface area is 303 Å². The topological polar surface area (TPSA) is 164 Å². The molecule has 10 heteroatoms. The van der Waals surface area contributed by atoms with E-state index in [0.29, 0.717) is 44.9 Å². The third-order valence-corrected chi connectivity index (χ3v) is 12.7. The summed E-state index contributed by atoms with van der Waals surface area (Å²) in [4.78, 5) is 72.1. The van der Waals surface area contributed by atoms with Crippen LogP contribution in [0.1, 0.15) is 126 Å². The molecule has 10 nitrogen and oxygen atoms in total. The van der Waals surface area contributed by atoms with Gasteiger partial charge < -0.3 is 24.8 Å². The summed E-state index contributed by atoms with van der Waals surface area (Å²) in [5, 5.41) is 35.2. The monoisotopic (exact) mass is 714 g/mol. The molecule has 51 heavy (non-hydrogen) atoms. The van der Waals surface area contributed by atoms with Crippen LogP contribution in [0.4, 0.5) is 0 Å². The largest absolute Gasteiger partial charge is 0.469 e. The molecule has 1 saturated heterocycles. The fourth-order valence-electron chi connectivity index (χ4n) is 9.38. The molecule has 2 bridgehead atoms. The molecule has 2 fully saturated rings. The normalized spacial score (nSPS) is 41.1. The van der Waals surface area contributed by atoms with Crippen molar-refractivity contribution < 1.29 is 48.8 Å². The molecule has 2 aliphatic heterocycles. The lowest BCUT2D eigenvalue weighted by atomic mass is 9.52. The maximum atomic E-state index is 14.7. The van der Waals surface area contributed by atoms with Gasteiger partial charge in [0.1, 0.15) is 22.8 Å². The number of rotatable bonds is 2. The van der Waals surface area contributed by atoms with Gasteiger partial charge in [0, 0.05) is 43.4 Å². The van der Waals surface area contributed by atoms with Gasteiger partial charge in [-0.15, -0.1) is 0 Å². The van der Waals surface area contributed by atoms with Crippen molar-refractivity contribution >= 4 is 29.1 Å². The lowest BCUT2D eigenvalue weighted by molar-refractivity contribution is -0.219. The minimum Gasteiger partial charge on any atom is -0.469 e. The van der Waals surface area contributed by atoms with Crippen LogP contribution in [0.25, 0.3) is 0 Å². The van der Waals surface area contributed by atoms with Crippen molar-refractivity contribution in [1.82, 2.24) is 0 Å². The first-order chi connectivity index (χ1) is 23.7. The number of Topliss-reactive ketones (excluding diaryl/α,β-unsaturated/α-hetero) is 4. The van der Waals surface area contributed by atoms with Crippen molar-refractivity contribution in [3.05, 3.63) is 22.8 Å². The van der Waals surface area contributed by atoms with E-state index in [4.69, 9.17) is 9.47 Å². The smallest absolute Gasteiger partial charge is 0.314 e. The third kappa shape index (κ3) is 8.34. The average Bonchev–Trinajstić information content (AvgIpc) is 3.03. The highest BCUT2D eigenvalue weighted by atomic mass is 16.5. The van der Waals surface area contributed by atoms with Crippen LogP contribution in [-0.2, 0) is 33.4 Å². The molecule has 1 saturated carbocycles. The van der Waals surface area contributed by atoms with Gasteiger partial charge in [-0.2, -0.15) is 0 Å². The van der Waals surface area contributed by atoms with E-state index in [1.54, 1.807) is 26.8 Å². The van der Waals surface area contributed by atoms with Crippen molar-refractivity contribution in [2.45, 2.75) is 156 Å². The number of aliphatic hydroxyl groups is 3. The van der Waals surface area contributed by atoms with E-state index >= 15 is 0 Å². The molecule has 2 heterocycles. The minimum absolute atomic E-state index is 0.00957. The Balaban J connectivity index is 2.02. The lowest BCUT2D eigenvalue weighted by Gasteiger charge is -2.50. The van der Waals surface area contributed by atoms with Crippen molar-refractivity contribution in [3.63, 3.8) is 0 Å². The molecule has 11 unspecified atom stereocenters. The predicted octanol–water partition coefficient (Wildman–Crippen LogP) is 5.42. The van der Waals surface area contributed by atoms with Gasteiger partial charge in [-0.05, 0) is 82.8 Å². The Morgan fingerprint density at radius 3 is 2.20 bits per heavy atom. The Morgan fingerprint density at radius 1 is 0.922 bits per heavy atom. The first kappa shape index (κ1) is 41.2. The molecule has 0 radical (unpaired) electrons. The van der Waals surface area contributed by atoms with Crippen LogP contribution in [0.2, 0.25) is 0 Å². The minimum atomic E-state index is -2.06. The Morgan fingerprint density at radius 2 is 1.57 bits per heavy atom. The molecule has 0 aromatic rings. The number of ketones is 4. The van der Waals surface area contributed by atoms with Gasteiger partial charge in [0.25, 0.3) is 0 Å². The molecule has 0 spiro atoms. The third-order valence-electron chi connectivity index (χ3n) is 12.7. The Hall–Kier alpha value is -2.53. The highest BCUT2D eigenvalue weighted by Crippen LogP contribution is 2.55. The Kier molecular flexibility index (Phi) is 12.8. The maximum Gasteiger partial charge on any atom is 0.314 e. The van der Waals surface area contributed by atoms with Gasteiger partial charge in [0.05, 0.1) is 42.5 Å². The molecule has 0 aromatic carbocycles. The number of hydrogen-bond acceptors (Lipinski definition) is 10. The van der Waals surface area contributed by atoms with Crippen LogP contribution in [0.5, 0.6) is 0 Å². The van der Waals surface area contributed by atoms with Crippen molar-refractivity contribution in [1.29, 1.82) is 0 Å². The maximum absolute atomic E-state index is 14.7. The van der Waals surface area contributed by atoms with Crippen LogP contribution >= 0.6 is 0 Å². The SMILES string of the molecule is COC(=O)C12CC(=O)C(C(C)C)CC(=O)C(C)CCCC(C)CC(=O)C1C(=O)C(C)=C1C(O)CC(C)(O)C3CCC(C)(O)C(CCC(C)=CC12)O3. The van der Waals surface area contributed by atoms with Gasteiger partial charge in [0.15, 0.2) is 5.78 Å². The molecule has 4 rings (SSSR count). The zero-order chi connectivity index (χ0) is 38.2. The van der Waals surface area contributed by atoms with Gasteiger partial charge in [-0.25, -0.2) is 0 Å². The number of allylic oxidation sites excluding steroid dienone is 3. The first-order valence-corrected chi connectivity index (χ1v) is 19.0. The molecular weight excluding hydrogens is 652 g/mol. The Bertz CT molecular complexity index is 1440. The lowest BCUT2D eigenvalue weighted by Crippen LogP contribution is -2.59. The summed E-state index contributed by atoms with van der Waals surface area (Å²) in [6.45, 7) is 14.1. The zero-order valence-corrected chi connectivity index (χ0v) is 32.3. The number of methoxy groups -OCH3 is 1. The molecule has 0 aromatic heterocycles. The zero-order valence-electron chi connectivity index (χ0n) is 32.3. The summed E-state index contributed by atoms with van der Waals surface area (Å²) in [5.74, 6) is -6.62. The number of esters is 1.